The zero-order valence-corrected chi connectivity index (χ0v) is 14.5. The molecule has 1 saturated heterocycles. The molecule has 0 bridgehead atoms. The van der Waals surface area contributed by atoms with Crippen LogP contribution in [0.4, 0.5) is 16.2 Å². The SMILES string of the molecule is Cc1cccc(C(=O)Nc2cccc(C3(C)NC(=O)NC3=O)c2)c1[N+](=O)[O-]. The molecule has 0 radical (unpaired) electrons. The number of nitro benzene ring substituents is 1. The summed E-state index contributed by atoms with van der Waals surface area (Å²) >= 11 is 0. The third-order valence-corrected chi connectivity index (χ3v) is 4.41. The van der Waals surface area contributed by atoms with E-state index in [0.717, 1.165) is 0 Å². The predicted molar refractivity (Wildman–Crippen MR) is 96.3 cm³/mol. The number of carbonyl (C=O) groups is 3. The third-order valence-electron chi connectivity index (χ3n) is 4.41. The fourth-order valence-electron chi connectivity index (χ4n) is 2.94. The molecular weight excluding hydrogens is 352 g/mol. The first kappa shape index (κ1) is 18.1. The molecule has 1 aliphatic rings. The van der Waals surface area contributed by atoms with Crippen molar-refractivity contribution in [3.05, 3.63) is 69.3 Å². The molecule has 9 nitrogen and oxygen atoms in total. The number of para-hydroxylation sites is 1. The van der Waals surface area contributed by atoms with Crippen LogP contribution < -0.4 is 16.0 Å². The van der Waals surface area contributed by atoms with Crippen LogP contribution in [0.3, 0.4) is 0 Å². The van der Waals surface area contributed by atoms with Crippen molar-refractivity contribution in [1.82, 2.24) is 10.6 Å². The number of nitro groups is 1. The normalized spacial score (nSPS) is 18.6. The number of nitrogens with zero attached hydrogens (tertiary/aromatic N) is 1. The average Bonchev–Trinajstić information content (AvgIpc) is 2.87. The van der Waals surface area contributed by atoms with Gasteiger partial charge in [0.2, 0.25) is 0 Å². The second kappa shape index (κ2) is 6.52. The quantitative estimate of drug-likeness (QED) is 0.433. The maximum absolute atomic E-state index is 12.6. The Morgan fingerprint density at radius 2 is 1.89 bits per heavy atom. The van der Waals surface area contributed by atoms with Gasteiger partial charge in [-0.05, 0) is 37.6 Å². The summed E-state index contributed by atoms with van der Waals surface area (Å²) in [6, 6.07) is 10.2. The van der Waals surface area contributed by atoms with Gasteiger partial charge in [0.1, 0.15) is 11.1 Å². The van der Waals surface area contributed by atoms with Gasteiger partial charge in [0.25, 0.3) is 17.5 Å². The molecule has 27 heavy (non-hydrogen) atoms. The van der Waals surface area contributed by atoms with Crippen LogP contribution in [0.5, 0.6) is 0 Å². The minimum absolute atomic E-state index is 0.0662. The number of imide groups is 1. The van der Waals surface area contributed by atoms with Crippen LogP contribution >= 0.6 is 0 Å². The van der Waals surface area contributed by atoms with Crippen molar-refractivity contribution in [1.29, 1.82) is 0 Å². The molecule has 0 spiro atoms. The van der Waals surface area contributed by atoms with Gasteiger partial charge in [0.05, 0.1) is 4.92 Å². The zero-order chi connectivity index (χ0) is 19.8. The highest BCUT2D eigenvalue weighted by atomic mass is 16.6. The standard InChI is InChI=1S/C18H16N4O5/c1-10-5-3-8-13(14(10)22(26)27)15(23)19-12-7-4-6-11(9-12)18(2)16(24)20-17(25)21-18/h3-9H,1-2H3,(H,19,23)(H2,20,21,24,25). The predicted octanol–water partition coefficient (Wildman–Crippen LogP) is 2.21. The lowest BCUT2D eigenvalue weighted by atomic mass is 9.92. The van der Waals surface area contributed by atoms with Crippen molar-refractivity contribution in [2.75, 3.05) is 5.32 Å². The Bertz CT molecular complexity index is 987. The highest BCUT2D eigenvalue weighted by Gasteiger charge is 2.43. The van der Waals surface area contributed by atoms with E-state index in [4.69, 9.17) is 0 Å². The van der Waals surface area contributed by atoms with E-state index in [9.17, 15) is 24.5 Å². The van der Waals surface area contributed by atoms with Crippen molar-refractivity contribution in [2.45, 2.75) is 19.4 Å². The van der Waals surface area contributed by atoms with E-state index in [1.807, 2.05) is 0 Å². The Morgan fingerprint density at radius 1 is 1.19 bits per heavy atom. The fourth-order valence-corrected chi connectivity index (χ4v) is 2.94. The molecular formula is C18H16N4O5. The van der Waals surface area contributed by atoms with E-state index in [-0.39, 0.29) is 11.3 Å². The van der Waals surface area contributed by atoms with Gasteiger partial charge < -0.3 is 10.6 Å². The van der Waals surface area contributed by atoms with Crippen LogP contribution in [0.2, 0.25) is 0 Å². The van der Waals surface area contributed by atoms with Gasteiger partial charge >= 0.3 is 6.03 Å². The summed E-state index contributed by atoms with van der Waals surface area (Å²) < 4.78 is 0. The summed E-state index contributed by atoms with van der Waals surface area (Å²) in [6.45, 7) is 3.09. The summed E-state index contributed by atoms with van der Waals surface area (Å²) in [5.74, 6) is -1.15. The fraction of sp³-hybridized carbons (Fsp3) is 0.167. The molecule has 1 unspecified atom stereocenters. The van der Waals surface area contributed by atoms with Crippen LogP contribution in [0.1, 0.15) is 28.4 Å². The first-order valence-electron chi connectivity index (χ1n) is 8.02. The van der Waals surface area contributed by atoms with Crippen LogP contribution in [0.15, 0.2) is 42.5 Å². The maximum Gasteiger partial charge on any atom is 0.322 e. The van der Waals surface area contributed by atoms with E-state index >= 15 is 0 Å². The first-order chi connectivity index (χ1) is 12.7. The Hall–Kier alpha value is -3.75. The van der Waals surface area contributed by atoms with Crippen LogP contribution in [-0.4, -0.2) is 22.8 Å². The lowest BCUT2D eigenvalue weighted by molar-refractivity contribution is -0.385. The van der Waals surface area contributed by atoms with Gasteiger partial charge in [-0.1, -0.05) is 24.3 Å². The highest BCUT2D eigenvalue weighted by Crippen LogP contribution is 2.28. The summed E-state index contributed by atoms with van der Waals surface area (Å²) in [6.07, 6.45) is 0. The lowest BCUT2D eigenvalue weighted by Crippen LogP contribution is -2.40. The summed E-state index contributed by atoms with van der Waals surface area (Å²) in [5, 5.41) is 18.6. The molecule has 138 valence electrons. The monoisotopic (exact) mass is 368 g/mol. The van der Waals surface area contributed by atoms with Crippen LogP contribution in [0, 0.1) is 17.0 Å². The minimum atomic E-state index is -1.27. The van der Waals surface area contributed by atoms with E-state index in [1.165, 1.54) is 12.1 Å². The average molecular weight is 368 g/mol. The zero-order valence-electron chi connectivity index (χ0n) is 14.5. The van der Waals surface area contributed by atoms with Gasteiger partial charge in [-0.25, -0.2) is 4.79 Å². The van der Waals surface area contributed by atoms with Crippen LogP contribution in [0.25, 0.3) is 0 Å². The summed E-state index contributed by atoms with van der Waals surface area (Å²) in [5.41, 5.74) is -0.429. The Morgan fingerprint density at radius 3 is 2.52 bits per heavy atom. The summed E-state index contributed by atoms with van der Waals surface area (Å²) in [7, 11) is 0. The lowest BCUT2D eigenvalue weighted by Gasteiger charge is -2.21. The second-order valence-electron chi connectivity index (χ2n) is 6.30. The van der Waals surface area contributed by atoms with Gasteiger partial charge in [0.15, 0.2) is 0 Å². The number of anilines is 1. The maximum atomic E-state index is 12.6. The number of rotatable bonds is 4. The highest BCUT2D eigenvalue weighted by molar-refractivity contribution is 6.08. The molecule has 2 aromatic carbocycles. The molecule has 9 heteroatoms. The topological polar surface area (TPSA) is 130 Å². The van der Waals surface area contributed by atoms with Gasteiger partial charge in [-0.3, -0.25) is 25.0 Å². The number of carbonyl (C=O) groups excluding carboxylic acids is 3. The number of urea groups is 1. The molecule has 2 aromatic rings. The molecule has 1 heterocycles. The molecule has 1 fully saturated rings. The van der Waals surface area contributed by atoms with E-state index in [1.54, 1.807) is 44.2 Å². The Balaban J connectivity index is 1.91. The number of nitrogens with one attached hydrogen (secondary N) is 3. The van der Waals surface area contributed by atoms with Crippen molar-refractivity contribution >= 4 is 29.2 Å². The number of hydrogen-bond donors (Lipinski definition) is 3. The van der Waals surface area contributed by atoms with E-state index in [0.29, 0.717) is 16.8 Å². The van der Waals surface area contributed by atoms with E-state index in [2.05, 4.69) is 16.0 Å². The number of amides is 4. The Kier molecular flexibility index (Phi) is 4.36. The van der Waals surface area contributed by atoms with Gasteiger partial charge in [0, 0.05) is 11.3 Å². The summed E-state index contributed by atoms with van der Waals surface area (Å²) in [4.78, 5) is 46.7. The van der Waals surface area contributed by atoms with E-state index < -0.39 is 28.3 Å². The van der Waals surface area contributed by atoms with Crippen LogP contribution in [-0.2, 0) is 10.3 Å². The third kappa shape index (κ3) is 3.22. The first-order valence-corrected chi connectivity index (χ1v) is 8.02. The van der Waals surface area contributed by atoms with Gasteiger partial charge in [-0.15, -0.1) is 0 Å². The largest absolute Gasteiger partial charge is 0.322 e. The Labute approximate surface area is 153 Å². The minimum Gasteiger partial charge on any atom is -0.322 e. The molecule has 3 N–H and O–H groups in total. The smallest absolute Gasteiger partial charge is 0.322 e. The number of hydrogen-bond acceptors (Lipinski definition) is 5. The molecule has 3 rings (SSSR count). The second-order valence-corrected chi connectivity index (χ2v) is 6.30. The van der Waals surface area contributed by atoms with Crippen molar-refractivity contribution in [3.63, 3.8) is 0 Å². The molecule has 1 aliphatic heterocycles. The molecule has 0 aliphatic carbocycles. The number of benzene rings is 2. The molecule has 1 atom stereocenters. The molecule has 4 amide bonds. The molecule has 0 aromatic heterocycles. The van der Waals surface area contributed by atoms with Crippen molar-refractivity contribution < 1.29 is 19.3 Å². The van der Waals surface area contributed by atoms with Gasteiger partial charge in [-0.2, -0.15) is 0 Å². The number of aryl methyl sites for hydroxylation is 1. The molecule has 0 saturated carbocycles. The van der Waals surface area contributed by atoms with Crippen molar-refractivity contribution in [2.24, 2.45) is 0 Å². The van der Waals surface area contributed by atoms with Crippen molar-refractivity contribution in [3.8, 4) is 0 Å².